The number of carbonyl (C=O) groups is 1. The lowest BCUT2D eigenvalue weighted by molar-refractivity contribution is 0.0667. The van der Waals surface area contributed by atoms with E-state index in [1.54, 1.807) is 29.2 Å². The summed E-state index contributed by atoms with van der Waals surface area (Å²) in [6.45, 7) is 5.89. The van der Waals surface area contributed by atoms with Crippen LogP contribution in [0.5, 0.6) is 0 Å². The van der Waals surface area contributed by atoms with Crippen LogP contribution in [-0.2, 0) is 7.05 Å². The van der Waals surface area contributed by atoms with Crippen molar-refractivity contribution in [1.82, 2.24) is 14.7 Å². The van der Waals surface area contributed by atoms with E-state index in [1.807, 2.05) is 18.0 Å². The van der Waals surface area contributed by atoms with Crippen molar-refractivity contribution < 1.29 is 9.18 Å². The predicted molar refractivity (Wildman–Crippen MR) is 98.6 cm³/mol. The summed E-state index contributed by atoms with van der Waals surface area (Å²) < 4.78 is 15.4. The average molecular weight is 356 g/mol. The van der Waals surface area contributed by atoms with Gasteiger partial charge < -0.3 is 9.80 Å². The topological polar surface area (TPSA) is 41.4 Å². The van der Waals surface area contributed by atoms with Crippen LogP contribution < -0.4 is 4.90 Å². The number of hydrogen-bond donors (Lipinski definition) is 0. The fraction of sp³-hybridized carbons (Fsp3) is 0.500. The number of amides is 1. The molecule has 3 heterocycles. The summed E-state index contributed by atoms with van der Waals surface area (Å²) in [5.41, 5.74) is 1.52. The molecule has 6 heteroatoms. The molecule has 5 nitrogen and oxygen atoms in total. The maximum atomic E-state index is 13.8. The summed E-state index contributed by atoms with van der Waals surface area (Å²) in [6, 6.07) is 7.20. The molecular formula is C20H25FN4O. The van der Waals surface area contributed by atoms with Crippen molar-refractivity contribution in [3.8, 4) is 0 Å². The van der Waals surface area contributed by atoms with E-state index >= 15 is 0 Å². The van der Waals surface area contributed by atoms with Crippen LogP contribution in [-0.4, -0.2) is 45.3 Å². The molecule has 1 amide bonds. The average Bonchev–Trinajstić information content (AvgIpc) is 3.12. The van der Waals surface area contributed by atoms with E-state index in [2.05, 4.69) is 23.8 Å². The third-order valence-electron chi connectivity index (χ3n) is 5.76. The van der Waals surface area contributed by atoms with Crippen LogP contribution in [0.3, 0.4) is 0 Å². The van der Waals surface area contributed by atoms with Crippen LogP contribution in [0, 0.1) is 11.7 Å². The molecule has 1 aromatic heterocycles. The number of carbonyl (C=O) groups excluding carboxylic acids is 1. The summed E-state index contributed by atoms with van der Waals surface area (Å²) in [5.74, 6) is 0.243. The van der Waals surface area contributed by atoms with Gasteiger partial charge in [-0.2, -0.15) is 5.10 Å². The molecule has 2 aliphatic heterocycles. The monoisotopic (exact) mass is 356 g/mol. The highest BCUT2D eigenvalue weighted by molar-refractivity contribution is 5.93. The van der Waals surface area contributed by atoms with E-state index in [1.165, 1.54) is 6.07 Å². The van der Waals surface area contributed by atoms with Gasteiger partial charge in [0.15, 0.2) is 0 Å². The van der Waals surface area contributed by atoms with E-state index in [9.17, 15) is 9.18 Å². The smallest absolute Gasteiger partial charge is 0.257 e. The zero-order chi connectivity index (χ0) is 18.5. The Kier molecular flexibility index (Phi) is 4.01. The number of fused-ring (bicyclic) bond motifs is 1. The summed E-state index contributed by atoms with van der Waals surface area (Å²) in [7, 11) is 1.82. The minimum Gasteiger partial charge on any atom is -0.363 e. The van der Waals surface area contributed by atoms with Crippen molar-refractivity contribution in [2.24, 2.45) is 13.0 Å². The molecule has 0 N–H and O–H groups in total. The third-order valence-corrected chi connectivity index (χ3v) is 5.76. The highest BCUT2D eigenvalue weighted by Crippen LogP contribution is 2.44. The lowest BCUT2D eigenvalue weighted by Crippen LogP contribution is -2.50. The minimum atomic E-state index is -0.203. The normalized spacial score (nSPS) is 24.6. The van der Waals surface area contributed by atoms with E-state index in [0.29, 0.717) is 17.5 Å². The lowest BCUT2D eigenvalue weighted by atomic mass is 9.89. The van der Waals surface area contributed by atoms with Crippen molar-refractivity contribution in [3.05, 3.63) is 48.0 Å². The van der Waals surface area contributed by atoms with Crippen molar-refractivity contribution >= 4 is 11.6 Å². The van der Waals surface area contributed by atoms with Crippen LogP contribution in [0.2, 0.25) is 0 Å². The van der Waals surface area contributed by atoms with Gasteiger partial charge in [-0.3, -0.25) is 9.48 Å². The highest BCUT2D eigenvalue weighted by Gasteiger charge is 2.48. The van der Waals surface area contributed by atoms with Gasteiger partial charge in [0.2, 0.25) is 0 Å². The third kappa shape index (κ3) is 2.87. The molecule has 0 unspecified atom stereocenters. The van der Waals surface area contributed by atoms with Gasteiger partial charge in [-0.15, -0.1) is 0 Å². The molecule has 2 aliphatic rings. The number of anilines is 1. The number of aryl methyl sites for hydroxylation is 1. The quantitative estimate of drug-likeness (QED) is 0.830. The molecule has 2 fully saturated rings. The summed E-state index contributed by atoms with van der Waals surface area (Å²) in [5, 5.41) is 4.11. The summed E-state index contributed by atoms with van der Waals surface area (Å²) in [6.07, 6.45) is 5.29. The number of likely N-dealkylation sites (tertiary alicyclic amines) is 1. The van der Waals surface area contributed by atoms with Crippen LogP contribution >= 0.6 is 0 Å². The van der Waals surface area contributed by atoms with Gasteiger partial charge in [-0.25, -0.2) is 4.39 Å². The maximum absolute atomic E-state index is 13.8. The van der Waals surface area contributed by atoms with Gasteiger partial charge in [0, 0.05) is 43.6 Å². The molecule has 0 bridgehead atoms. The minimum absolute atomic E-state index is 0.0542. The number of halogens is 1. The number of piperidine rings is 1. The summed E-state index contributed by atoms with van der Waals surface area (Å²) >= 11 is 0. The van der Waals surface area contributed by atoms with Crippen LogP contribution in [0.4, 0.5) is 10.1 Å². The zero-order valence-corrected chi connectivity index (χ0v) is 15.5. The number of rotatable bonds is 2. The molecule has 0 saturated carbocycles. The van der Waals surface area contributed by atoms with Crippen molar-refractivity contribution in [1.29, 1.82) is 0 Å². The Labute approximate surface area is 153 Å². The molecule has 2 saturated heterocycles. The summed E-state index contributed by atoms with van der Waals surface area (Å²) in [4.78, 5) is 17.1. The Hall–Kier alpha value is -2.37. The second-order valence-corrected chi connectivity index (χ2v) is 8.14. The lowest BCUT2D eigenvalue weighted by Gasteiger charge is -2.41. The first-order chi connectivity index (χ1) is 12.3. The number of aromatic nitrogens is 2. The number of hydrogen-bond acceptors (Lipinski definition) is 3. The number of nitrogens with zero attached hydrogens (tertiary/aromatic N) is 4. The first kappa shape index (κ1) is 17.1. The van der Waals surface area contributed by atoms with Gasteiger partial charge in [-0.05, 0) is 50.8 Å². The fourth-order valence-electron chi connectivity index (χ4n) is 4.81. The Morgan fingerprint density at radius 2 is 2.15 bits per heavy atom. The van der Waals surface area contributed by atoms with Crippen molar-refractivity contribution in [2.45, 2.75) is 38.3 Å². The Morgan fingerprint density at radius 1 is 1.35 bits per heavy atom. The fourth-order valence-corrected chi connectivity index (χ4v) is 4.81. The zero-order valence-electron chi connectivity index (χ0n) is 15.5. The molecule has 2 atom stereocenters. The second-order valence-electron chi connectivity index (χ2n) is 8.14. The molecule has 0 spiro atoms. The van der Waals surface area contributed by atoms with Gasteiger partial charge in [0.25, 0.3) is 5.91 Å². The van der Waals surface area contributed by atoms with Crippen LogP contribution in [0.15, 0.2) is 36.7 Å². The van der Waals surface area contributed by atoms with Crippen molar-refractivity contribution in [2.75, 3.05) is 18.0 Å². The molecule has 0 radical (unpaired) electrons. The van der Waals surface area contributed by atoms with Gasteiger partial charge >= 0.3 is 0 Å². The van der Waals surface area contributed by atoms with Gasteiger partial charge in [0.05, 0.1) is 11.8 Å². The molecule has 138 valence electrons. The predicted octanol–water partition coefficient (Wildman–Crippen LogP) is 3.08. The highest BCUT2D eigenvalue weighted by atomic mass is 19.1. The molecule has 4 rings (SSSR count). The molecule has 2 aromatic rings. The van der Waals surface area contributed by atoms with E-state index in [0.717, 1.165) is 31.6 Å². The van der Waals surface area contributed by atoms with Crippen LogP contribution in [0.25, 0.3) is 0 Å². The van der Waals surface area contributed by atoms with Crippen molar-refractivity contribution in [3.63, 3.8) is 0 Å². The van der Waals surface area contributed by atoms with Gasteiger partial charge in [-0.1, -0.05) is 6.07 Å². The maximum Gasteiger partial charge on any atom is 0.257 e. The Morgan fingerprint density at radius 3 is 2.85 bits per heavy atom. The largest absolute Gasteiger partial charge is 0.363 e. The molecular weight excluding hydrogens is 331 g/mol. The Bertz CT molecular complexity index is 831. The molecule has 26 heavy (non-hydrogen) atoms. The van der Waals surface area contributed by atoms with Gasteiger partial charge in [0.1, 0.15) is 5.82 Å². The molecule has 1 aromatic carbocycles. The first-order valence-electron chi connectivity index (χ1n) is 9.18. The first-order valence-corrected chi connectivity index (χ1v) is 9.18. The second kappa shape index (κ2) is 6.11. The standard InChI is InChI=1S/C20H25FN4O/c1-20(2)10-14-13-24(19(26)15-11-22-23(3)12-15)8-7-18(14)25(20)17-6-4-5-16(21)9-17/h4-6,9,11-12,14,18H,7-8,10,13H2,1-3H3/t14-,18+/m1/s1. The molecule has 0 aliphatic carbocycles. The van der Waals surface area contributed by atoms with E-state index < -0.39 is 0 Å². The SMILES string of the molecule is Cn1cc(C(=O)N2CC[C@H]3[C@@H](C2)CC(C)(C)N3c2cccc(F)c2)cn1. The Balaban J connectivity index is 1.55. The van der Waals surface area contributed by atoms with E-state index in [-0.39, 0.29) is 17.3 Å². The van der Waals surface area contributed by atoms with E-state index in [4.69, 9.17) is 0 Å². The number of benzene rings is 1. The van der Waals surface area contributed by atoms with Crippen LogP contribution in [0.1, 0.15) is 37.0 Å².